The van der Waals surface area contributed by atoms with Crippen LogP contribution in [0.25, 0.3) is 0 Å². The van der Waals surface area contributed by atoms with Crippen LogP contribution >= 0.6 is 27.5 Å². The van der Waals surface area contributed by atoms with E-state index in [2.05, 4.69) is 20.8 Å². The van der Waals surface area contributed by atoms with Gasteiger partial charge in [0.1, 0.15) is 5.75 Å². The van der Waals surface area contributed by atoms with Crippen LogP contribution in [0.5, 0.6) is 5.75 Å². The van der Waals surface area contributed by atoms with Gasteiger partial charge in [-0.05, 0) is 41.0 Å². The normalized spacial score (nSPS) is 21.1. The molecule has 2 rings (SSSR count). The van der Waals surface area contributed by atoms with Crippen LogP contribution in [0.15, 0.2) is 22.7 Å². The lowest BCUT2D eigenvalue weighted by Crippen LogP contribution is -2.33. The number of likely N-dealkylation sites (tertiary alicyclic amines) is 1. The van der Waals surface area contributed by atoms with Gasteiger partial charge in [0.25, 0.3) is 0 Å². The zero-order valence-corrected chi connectivity index (χ0v) is 13.5. The average Bonchev–Trinajstić information content (AvgIpc) is 2.88. The lowest BCUT2D eigenvalue weighted by Gasteiger charge is -2.19. The van der Waals surface area contributed by atoms with E-state index in [0.29, 0.717) is 29.8 Å². The van der Waals surface area contributed by atoms with Crippen LogP contribution in [0.2, 0.25) is 5.02 Å². The van der Waals surface area contributed by atoms with Crippen LogP contribution in [0.3, 0.4) is 0 Å². The van der Waals surface area contributed by atoms with Gasteiger partial charge in [-0.3, -0.25) is 0 Å². The largest absolute Gasteiger partial charge is 0.492 e. The minimum absolute atomic E-state index is 0.189. The number of hydrogen-bond acceptors (Lipinski definition) is 4. The molecule has 4 nitrogen and oxygen atoms in total. The third-order valence-corrected chi connectivity index (χ3v) is 4.72. The average molecular weight is 365 g/mol. The summed E-state index contributed by atoms with van der Waals surface area (Å²) in [6, 6.07) is 5.63. The summed E-state index contributed by atoms with van der Waals surface area (Å²) in [7, 11) is 0. The van der Waals surface area contributed by atoms with E-state index in [-0.39, 0.29) is 6.61 Å². The molecule has 1 heterocycles. The van der Waals surface area contributed by atoms with Gasteiger partial charge in [-0.15, -0.1) is 0 Å². The van der Waals surface area contributed by atoms with Crippen molar-refractivity contribution >= 4 is 27.5 Å². The fourth-order valence-electron chi connectivity index (χ4n) is 2.37. The summed E-state index contributed by atoms with van der Waals surface area (Å²) in [5, 5.41) is 18.9. The van der Waals surface area contributed by atoms with Gasteiger partial charge < -0.3 is 19.8 Å². The molecule has 0 bridgehead atoms. The second kappa shape index (κ2) is 7.61. The highest BCUT2D eigenvalue weighted by atomic mass is 79.9. The minimum Gasteiger partial charge on any atom is -0.492 e. The van der Waals surface area contributed by atoms with Gasteiger partial charge in [0.2, 0.25) is 0 Å². The molecule has 0 amide bonds. The summed E-state index contributed by atoms with van der Waals surface area (Å²) >= 11 is 9.52. The maximum absolute atomic E-state index is 9.43. The molecule has 0 aliphatic carbocycles. The molecule has 1 saturated heterocycles. The van der Waals surface area contributed by atoms with Crippen molar-refractivity contribution in [2.45, 2.75) is 12.5 Å². The molecular formula is C14H19BrClNO3. The predicted octanol–water partition coefficient (Wildman–Crippen LogP) is 2.16. The zero-order valence-electron chi connectivity index (χ0n) is 11.1. The maximum atomic E-state index is 9.43. The van der Waals surface area contributed by atoms with Crippen molar-refractivity contribution in [1.82, 2.24) is 4.90 Å². The fourth-order valence-corrected chi connectivity index (χ4v) is 2.90. The standard InChI is InChI=1S/C14H19BrClNO3/c15-12-2-1-3-13(14(12)16)20-9-10-4-5-17(6-10)7-11(19)8-18/h1-3,10-11,18-19H,4-9H2/t10-,11?/m0/s1. The topological polar surface area (TPSA) is 52.9 Å². The lowest BCUT2D eigenvalue weighted by molar-refractivity contribution is 0.0643. The van der Waals surface area contributed by atoms with E-state index in [1.54, 1.807) is 0 Å². The van der Waals surface area contributed by atoms with Crippen LogP contribution in [-0.4, -0.2) is 54.1 Å². The van der Waals surface area contributed by atoms with E-state index in [9.17, 15) is 5.11 Å². The Balaban J connectivity index is 1.79. The molecule has 2 atom stereocenters. The van der Waals surface area contributed by atoms with E-state index >= 15 is 0 Å². The molecule has 1 fully saturated rings. The zero-order chi connectivity index (χ0) is 14.5. The van der Waals surface area contributed by atoms with E-state index in [1.807, 2.05) is 18.2 Å². The van der Waals surface area contributed by atoms with Gasteiger partial charge in [-0.25, -0.2) is 0 Å². The summed E-state index contributed by atoms with van der Waals surface area (Å²) in [5.41, 5.74) is 0. The molecule has 112 valence electrons. The van der Waals surface area contributed by atoms with Gasteiger partial charge in [0.05, 0.1) is 24.3 Å². The van der Waals surface area contributed by atoms with Crippen molar-refractivity contribution in [3.8, 4) is 5.75 Å². The summed E-state index contributed by atoms with van der Waals surface area (Å²) in [6.07, 6.45) is 0.373. The van der Waals surface area contributed by atoms with Gasteiger partial charge >= 0.3 is 0 Å². The molecule has 1 aromatic rings. The highest BCUT2D eigenvalue weighted by molar-refractivity contribution is 9.10. The highest BCUT2D eigenvalue weighted by Crippen LogP contribution is 2.32. The summed E-state index contributed by atoms with van der Waals surface area (Å²) in [4.78, 5) is 2.15. The maximum Gasteiger partial charge on any atom is 0.139 e. The molecule has 1 aromatic carbocycles. The van der Waals surface area contributed by atoms with Crippen molar-refractivity contribution in [2.24, 2.45) is 5.92 Å². The molecular weight excluding hydrogens is 346 g/mol. The van der Waals surface area contributed by atoms with Gasteiger partial charge in [0, 0.05) is 23.5 Å². The van der Waals surface area contributed by atoms with Gasteiger partial charge in [-0.1, -0.05) is 17.7 Å². The SMILES string of the molecule is OCC(O)CN1CC[C@H](COc2cccc(Br)c2Cl)C1. The molecule has 1 aliphatic rings. The van der Waals surface area contributed by atoms with Crippen molar-refractivity contribution in [3.63, 3.8) is 0 Å². The number of ether oxygens (including phenoxy) is 1. The monoisotopic (exact) mass is 363 g/mol. The summed E-state index contributed by atoms with van der Waals surface area (Å²) < 4.78 is 6.61. The van der Waals surface area contributed by atoms with Gasteiger partial charge in [-0.2, -0.15) is 0 Å². The van der Waals surface area contributed by atoms with Crippen molar-refractivity contribution < 1.29 is 14.9 Å². The molecule has 20 heavy (non-hydrogen) atoms. The van der Waals surface area contributed by atoms with Crippen molar-refractivity contribution in [2.75, 3.05) is 32.8 Å². The lowest BCUT2D eigenvalue weighted by atomic mass is 10.1. The minimum atomic E-state index is -0.658. The number of rotatable bonds is 6. The third-order valence-electron chi connectivity index (χ3n) is 3.44. The molecule has 0 radical (unpaired) electrons. The number of β-amino-alcohol motifs (C(OH)–C–C–N with tert-alkyl or cyclic N) is 1. The van der Waals surface area contributed by atoms with Crippen molar-refractivity contribution in [1.29, 1.82) is 0 Å². The summed E-state index contributed by atoms with van der Waals surface area (Å²) in [6.45, 7) is 2.75. The highest BCUT2D eigenvalue weighted by Gasteiger charge is 2.24. The first-order valence-electron chi connectivity index (χ1n) is 6.68. The third kappa shape index (κ3) is 4.33. The van der Waals surface area contributed by atoms with E-state index in [4.69, 9.17) is 21.4 Å². The first kappa shape index (κ1) is 16.0. The first-order valence-corrected chi connectivity index (χ1v) is 7.85. The van der Waals surface area contributed by atoms with Crippen LogP contribution < -0.4 is 4.74 Å². The van der Waals surface area contributed by atoms with E-state index in [0.717, 1.165) is 24.0 Å². The molecule has 0 saturated carbocycles. The summed E-state index contributed by atoms with van der Waals surface area (Å²) in [5.74, 6) is 1.12. The molecule has 6 heteroatoms. The second-order valence-electron chi connectivity index (χ2n) is 5.11. The number of halogens is 2. The number of nitrogens with zero attached hydrogens (tertiary/aromatic N) is 1. The van der Waals surface area contributed by atoms with Crippen molar-refractivity contribution in [3.05, 3.63) is 27.7 Å². The number of aliphatic hydroxyl groups is 2. The van der Waals surface area contributed by atoms with E-state index in [1.165, 1.54) is 0 Å². The Hall–Kier alpha value is -0.330. The van der Waals surface area contributed by atoms with Crippen LogP contribution in [0.1, 0.15) is 6.42 Å². The number of hydrogen-bond donors (Lipinski definition) is 2. The Bertz CT molecular complexity index is 446. The fraction of sp³-hybridized carbons (Fsp3) is 0.571. The smallest absolute Gasteiger partial charge is 0.139 e. The molecule has 1 aliphatic heterocycles. The Morgan fingerprint density at radius 3 is 3.05 bits per heavy atom. The molecule has 0 aromatic heterocycles. The molecule has 2 N–H and O–H groups in total. The number of benzene rings is 1. The quantitative estimate of drug-likeness (QED) is 0.812. The second-order valence-corrected chi connectivity index (χ2v) is 6.35. The Morgan fingerprint density at radius 1 is 1.50 bits per heavy atom. The van der Waals surface area contributed by atoms with E-state index < -0.39 is 6.10 Å². The Labute approximate surface area is 132 Å². The Morgan fingerprint density at radius 2 is 2.30 bits per heavy atom. The van der Waals surface area contributed by atoms with Gasteiger partial charge in [0.15, 0.2) is 0 Å². The number of aliphatic hydroxyl groups excluding tert-OH is 2. The van der Waals surface area contributed by atoms with Crippen LogP contribution in [0, 0.1) is 5.92 Å². The van der Waals surface area contributed by atoms with Crippen LogP contribution in [0.4, 0.5) is 0 Å². The molecule has 1 unspecified atom stereocenters. The molecule has 0 spiro atoms. The first-order chi connectivity index (χ1) is 9.60. The Kier molecular flexibility index (Phi) is 6.11. The predicted molar refractivity (Wildman–Crippen MR) is 82.3 cm³/mol. The van der Waals surface area contributed by atoms with Crippen LogP contribution in [-0.2, 0) is 0 Å².